The van der Waals surface area contributed by atoms with E-state index in [1.54, 1.807) is 0 Å². The van der Waals surface area contributed by atoms with Crippen LogP contribution in [-0.2, 0) is 12.8 Å². The van der Waals surface area contributed by atoms with Gasteiger partial charge in [-0.15, -0.1) is 0 Å². The second kappa shape index (κ2) is 4.39. The van der Waals surface area contributed by atoms with Crippen LogP contribution in [0.4, 0.5) is 0 Å². The molecule has 18 heavy (non-hydrogen) atoms. The molecule has 1 aromatic carbocycles. The van der Waals surface area contributed by atoms with E-state index in [9.17, 15) is 4.79 Å². The van der Waals surface area contributed by atoms with Crippen molar-refractivity contribution < 1.29 is 4.79 Å². The Morgan fingerprint density at radius 1 is 1.28 bits per heavy atom. The first-order chi connectivity index (χ1) is 8.72. The van der Waals surface area contributed by atoms with Crippen molar-refractivity contribution >= 4 is 5.91 Å². The van der Waals surface area contributed by atoms with E-state index in [-0.39, 0.29) is 11.3 Å². The molecule has 0 atom stereocenters. The zero-order valence-electron chi connectivity index (χ0n) is 10.7. The molecule has 0 radical (unpaired) electrons. The van der Waals surface area contributed by atoms with Crippen LogP contribution in [0, 0.1) is 5.41 Å². The molecule has 0 saturated heterocycles. The third kappa shape index (κ3) is 2.15. The maximum atomic E-state index is 12.1. The Morgan fingerprint density at radius 3 is 2.78 bits per heavy atom. The molecule has 0 heterocycles. The molecule has 0 bridgehead atoms. The number of carbonyl (C=O) groups is 1. The molecule has 96 valence electrons. The van der Waals surface area contributed by atoms with Gasteiger partial charge in [0.2, 0.25) is 0 Å². The van der Waals surface area contributed by atoms with E-state index in [4.69, 9.17) is 5.73 Å². The van der Waals surface area contributed by atoms with Gasteiger partial charge in [-0.1, -0.05) is 6.07 Å². The summed E-state index contributed by atoms with van der Waals surface area (Å²) in [5.74, 6) is 0.0458. The van der Waals surface area contributed by atoms with Gasteiger partial charge in [0.15, 0.2) is 0 Å². The fraction of sp³-hybridized carbons (Fsp3) is 0.533. The molecule has 3 rings (SSSR count). The number of aryl methyl sites for hydroxylation is 2. The van der Waals surface area contributed by atoms with E-state index in [0.29, 0.717) is 6.54 Å². The monoisotopic (exact) mass is 244 g/mol. The van der Waals surface area contributed by atoms with Crippen LogP contribution in [0.2, 0.25) is 0 Å². The number of carbonyl (C=O) groups excluding carboxylic acids is 1. The quantitative estimate of drug-likeness (QED) is 0.846. The molecular weight excluding hydrogens is 224 g/mol. The lowest BCUT2D eigenvalue weighted by Gasteiger charge is -2.13. The van der Waals surface area contributed by atoms with Crippen LogP contribution >= 0.6 is 0 Å². The maximum Gasteiger partial charge on any atom is 0.251 e. The Balaban J connectivity index is 1.65. The van der Waals surface area contributed by atoms with Gasteiger partial charge in [0.25, 0.3) is 5.91 Å². The van der Waals surface area contributed by atoms with E-state index in [2.05, 4.69) is 17.4 Å². The van der Waals surface area contributed by atoms with E-state index in [0.717, 1.165) is 37.8 Å². The molecule has 1 saturated carbocycles. The Labute approximate surface area is 108 Å². The molecule has 0 unspecified atom stereocenters. The van der Waals surface area contributed by atoms with Crippen molar-refractivity contribution in [2.45, 2.75) is 32.1 Å². The Kier molecular flexibility index (Phi) is 2.86. The lowest BCUT2D eigenvalue weighted by atomic mass is 10.0. The van der Waals surface area contributed by atoms with Crippen molar-refractivity contribution in [2.24, 2.45) is 11.1 Å². The average molecular weight is 244 g/mol. The van der Waals surface area contributed by atoms with Crippen LogP contribution in [-0.4, -0.2) is 19.0 Å². The summed E-state index contributed by atoms with van der Waals surface area (Å²) < 4.78 is 0. The number of amides is 1. The summed E-state index contributed by atoms with van der Waals surface area (Å²) in [6, 6.07) is 6.11. The van der Waals surface area contributed by atoms with Gasteiger partial charge in [0, 0.05) is 17.5 Å². The summed E-state index contributed by atoms with van der Waals surface area (Å²) in [6.07, 6.45) is 5.79. The van der Waals surface area contributed by atoms with Crippen molar-refractivity contribution in [3.8, 4) is 0 Å². The highest BCUT2D eigenvalue weighted by molar-refractivity contribution is 5.94. The largest absolute Gasteiger partial charge is 0.351 e. The lowest BCUT2D eigenvalue weighted by molar-refractivity contribution is 0.0945. The van der Waals surface area contributed by atoms with Crippen LogP contribution in [0.3, 0.4) is 0 Å². The molecular formula is C15H20N2O. The summed E-state index contributed by atoms with van der Waals surface area (Å²) >= 11 is 0. The summed E-state index contributed by atoms with van der Waals surface area (Å²) in [7, 11) is 0. The molecule has 0 aliphatic heterocycles. The lowest BCUT2D eigenvalue weighted by Crippen LogP contribution is -2.33. The summed E-state index contributed by atoms with van der Waals surface area (Å²) in [5.41, 5.74) is 9.47. The Bertz CT molecular complexity index is 477. The number of rotatable bonds is 4. The first-order valence-electron chi connectivity index (χ1n) is 6.83. The SMILES string of the molecule is NCC1(CNC(=O)c2ccc3c(c2)CCC3)CC1. The van der Waals surface area contributed by atoms with Gasteiger partial charge in [0.05, 0.1) is 0 Å². The third-order valence-electron chi connectivity index (χ3n) is 4.37. The molecule has 2 aliphatic rings. The van der Waals surface area contributed by atoms with Crippen molar-refractivity contribution in [1.82, 2.24) is 5.32 Å². The average Bonchev–Trinajstić information content (AvgIpc) is 3.04. The van der Waals surface area contributed by atoms with Crippen molar-refractivity contribution in [1.29, 1.82) is 0 Å². The Hall–Kier alpha value is -1.35. The Morgan fingerprint density at radius 2 is 2.06 bits per heavy atom. The van der Waals surface area contributed by atoms with Gasteiger partial charge in [-0.05, 0) is 61.9 Å². The second-order valence-electron chi connectivity index (χ2n) is 5.72. The minimum atomic E-state index is 0.0458. The maximum absolute atomic E-state index is 12.1. The smallest absolute Gasteiger partial charge is 0.251 e. The van der Waals surface area contributed by atoms with Gasteiger partial charge in [-0.2, -0.15) is 0 Å². The first-order valence-corrected chi connectivity index (χ1v) is 6.83. The van der Waals surface area contributed by atoms with E-state index < -0.39 is 0 Å². The highest BCUT2D eigenvalue weighted by Crippen LogP contribution is 2.43. The summed E-state index contributed by atoms with van der Waals surface area (Å²) in [5, 5.41) is 3.02. The topological polar surface area (TPSA) is 55.1 Å². The molecule has 0 spiro atoms. The molecule has 3 N–H and O–H groups in total. The van der Waals surface area contributed by atoms with Gasteiger partial charge in [-0.3, -0.25) is 4.79 Å². The van der Waals surface area contributed by atoms with Crippen LogP contribution in [0.15, 0.2) is 18.2 Å². The zero-order chi connectivity index (χ0) is 12.6. The minimum Gasteiger partial charge on any atom is -0.351 e. The summed E-state index contributed by atoms with van der Waals surface area (Å²) in [6.45, 7) is 1.40. The normalized spacial score (nSPS) is 19.4. The highest BCUT2D eigenvalue weighted by atomic mass is 16.1. The molecule has 1 amide bonds. The van der Waals surface area contributed by atoms with Gasteiger partial charge >= 0.3 is 0 Å². The molecule has 1 aromatic rings. The molecule has 3 nitrogen and oxygen atoms in total. The zero-order valence-corrected chi connectivity index (χ0v) is 10.7. The van der Waals surface area contributed by atoms with Crippen LogP contribution in [0.5, 0.6) is 0 Å². The number of nitrogens with one attached hydrogen (secondary N) is 1. The van der Waals surface area contributed by atoms with Crippen LogP contribution in [0.25, 0.3) is 0 Å². The predicted octanol–water partition coefficient (Wildman–Crippen LogP) is 1.64. The van der Waals surface area contributed by atoms with Crippen LogP contribution in [0.1, 0.15) is 40.7 Å². The summed E-state index contributed by atoms with van der Waals surface area (Å²) in [4.78, 5) is 12.1. The first kappa shape index (κ1) is 11.7. The number of benzene rings is 1. The third-order valence-corrected chi connectivity index (χ3v) is 4.37. The van der Waals surface area contributed by atoms with Crippen LogP contribution < -0.4 is 11.1 Å². The standard InChI is InChI=1S/C15H20N2O/c16-9-15(6-7-15)10-17-14(18)13-5-4-11-2-1-3-12(11)8-13/h4-5,8H,1-3,6-7,9-10,16H2,(H,17,18). The van der Waals surface area contributed by atoms with Gasteiger partial charge in [-0.25, -0.2) is 0 Å². The van der Waals surface area contributed by atoms with Crippen molar-refractivity contribution in [3.63, 3.8) is 0 Å². The van der Waals surface area contributed by atoms with E-state index in [1.807, 2.05) is 6.07 Å². The minimum absolute atomic E-state index is 0.0458. The van der Waals surface area contributed by atoms with Gasteiger partial charge in [0.1, 0.15) is 0 Å². The van der Waals surface area contributed by atoms with Gasteiger partial charge < -0.3 is 11.1 Å². The number of nitrogens with two attached hydrogens (primary N) is 1. The van der Waals surface area contributed by atoms with E-state index in [1.165, 1.54) is 17.5 Å². The van der Waals surface area contributed by atoms with Crippen molar-refractivity contribution in [3.05, 3.63) is 34.9 Å². The predicted molar refractivity (Wildman–Crippen MR) is 71.5 cm³/mol. The fourth-order valence-electron chi connectivity index (χ4n) is 2.71. The molecule has 3 heteroatoms. The molecule has 2 aliphatic carbocycles. The highest BCUT2D eigenvalue weighted by Gasteiger charge is 2.41. The molecule has 0 aromatic heterocycles. The number of hydrogen-bond acceptors (Lipinski definition) is 2. The number of fused-ring (bicyclic) bond motifs is 1. The van der Waals surface area contributed by atoms with E-state index >= 15 is 0 Å². The van der Waals surface area contributed by atoms with Crippen molar-refractivity contribution in [2.75, 3.05) is 13.1 Å². The molecule has 1 fully saturated rings. The number of hydrogen-bond donors (Lipinski definition) is 2. The second-order valence-corrected chi connectivity index (χ2v) is 5.72. The fourth-order valence-corrected chi connectivity index (χ4v) is 2.71.